The lowest BCUT2D eigenvalue weighted by Crippen LogP contribution is -2.25. The van der Waals surface area contributed by atoms with Gasteiger partial charge in [0, 0.05) is 0 Å². The molecule has 0 spiro atoms. The average Bonchev–Trinajstić information content (AvgIpc) is 2.85. The lowest BCUT2D eigenvalue weighted by atomic mass is 9.80. The summed E-state index contributed by atoms with van der Waals surface area (Å²) in [7, 11) is 0. The molecule has 1 fully saturated rings. The molecule has 178 valence electrons. The molecule has 2 aromatic carbocycles. The first kappa shape index (κ1) is 25.1. The molecule has 2 aromatic rings. The molecule has 1 aliphatic carbocycles. The second kappa shape index (κ2) is 13.9. The van der Waals surface area contributed by atoms with Crippen molar-refractivity contribution in [3.05, 3.63) is 54.1 Å². The van der Waals surface area contributed by atoms with Crippen LogP contribution in [0.3, 0.4) is 0 Å². The molecule has 0 unspecified atom stereocenters. The van der Waals surface area contributed by atoms with Crippen molar-refractivity contribution in [3.8, 4) is 5.75 Å². The maximum absolute atomic E-state index is 12.6. The number of nitrogens with zero attached hydrogens (tertiary/aromatic N) is 2. The predicted octanol–water partition coefficient (Wildman–Crippen LogP) is 9.13. The highest BCUT2D eigenvalue weighted by Gasteiger charge is 2.27. The van der Waals surface area contributed by atoms with Gasteiger partial charge in [-0.05, 0) is 86.4 Å². The summed E-state index contributed by atoms with van der Waals surface area (Å²) in [6.07, 6.45) is 14.3. The molecule has 0 radical (unpaired) electrons. The Labute approximate surface area is 199 Å². The van der Waals surface area contributed by atoms with Crippen molar-refractivity contribution < 1.29 is 9.53 Å². The number of carbonyl (C=O) groups excluding carboxylic acids is 1. The van der Waals surface area contributed by atoms with E-state index < -0.39 is 0 Å². The Bertz CT molecular complexity index is 850. The number of hydrogen-bond donors (Lipinski definition) is 0. The fraction of sp³-hybridized carbons (Fsp3) is 0.552. The van der Waals surface area contributed by atoms with Gasteiger partial charge in [-0.25, -0.2) is 0 Å². The van der Waals surface area contributed by atoms with Crippen LogP contribution in [0, 0.1) is 11.8 Å². The van der Waals surface area contributed by atoms with E-state index in [-0.39, 0.29) is 11.9 Å². The van der Waals surface area contributed by atoms with Crippen LogP contribution in [0.2, 0.25) is 0 Å². The predicted molar refractivity (Wildman–Crippen MR) is 136 cm³/mol. The van der Waals surface area contributed by atoms with Gasteiger partial charge in [-0.15, -0.1) is 0 Å². The summed E-state index contributed by atoms with van der Waals surface area (Å²) in [5.74, 6) is 1.33. The lowest BCUT2D eigenvalue weighted by molar-refractivity contribution is -0.140. The topological polar surface area (TPSA) is 51.0 Å². The highest BCUT2D eigenvalue weighted by Crippen LogP contribution is 2.33. The third kappa shape index (κ3) is 8.75. The van der Waals surface area contributed by atoms with Crippen LogP contribution >= 0.6 is 0 Å². The molecule has 3 rings (SSSR count). The first-order valence-corrected chi connectivity index (χ1v) is 13.0. The number of carbonyl (C=O) groups is 1. The minimum Gasteiger partial charge on any atom is -0.426 e. The largest absolute Gasteiger partial charge is 0.426 e. The Balaban J connectivity index is 1.43. The van der Waals surface area contributed by atoms with Crippen LogP contribution in [-0.2, 0) is 11.2 Å². The summed E-state index contributed by atoms with van der Waals surface area (Å²) < 4.78 is 5.65. The van der Waals surface area contributed by atoms with Gasteiger partial charge in [0.2, 0.25) is 0 Å². The second-order valence-corrected chi connectivity index (χ2v) is 9.45. The third-order valence-electron chi connectivity index (χ3n) is 6.74. The first-order chi connectivity index (χ1) is 16.2. The molecular formula is C29H40N2O2. The van der Waals surface area contributed by atoms with E-state index in [4.69, 9.17) is 4.74 Å². The SMILES string of the molecule is CCCCCc1ccc(N=Nc2ccc(OC(=O)C3CCC(CCCCC)CC3)cc2)cc1. The molecule has 4 nitrogen and oxygen atoms in total. The molecule has 0 aromatic heterocycles. The molecular weight excluding hydrogens is 408 g/mol. The van der Waals surface area contributed by atoms with Crippen molar-refractivity contribution >= 4 is 17.3 Å². The monoisotopic (exact) mass is 448 g/mol. The Morgan fingerprint density at radius 1 is 0.788 bits per heavy atom. The van der Waals surface area contributed by atoms with E-state index in [1.54, 1.807) is 12.1 Å². The van der Waals surface area contributed by atoms with Crippen LogP contribution in [-0.4, -0.2) is 5.97 Å². The van der Waals surface area contributed by atoms with Gasteiger partial charge in [0.1, 0.15) is 5.75 Å². The number of ether oxygens (including phenoxy) is 1. The van der Waals surface area contributed by atoms with Crippen molar-refractivity contribution in [3.63, 3.8) is 0 Å². The summed E-state index contributed by atoms with van der Waals surface area (Å²) in [6.45, 7) is 4.47. The van der Waals surface area contributed by atoms with Crippen LogP contribution in [0.5, 0.6) is 5.75 Å². The minimum absolute atomic E-state index is 0.0386. The number of benzene rings is 2. The number of esters is 1. The van der Waals surface area contributed by atoms with E-state index in [2.05, 4.69) is 36.2 Å². The fourth-order valence-electron chi connectivity index (χ4n) is 4.57. The van der Waals surface area contributed by atoms with Gasteiger partial charge >= 0.3 is 5.97 Å². The summed E-state index contributed by atoms with van der Waals surface area (Å²) in [5, 5.41) is 8.64. The smallest absolute Gasteiger partial charge is 0.314 e. The summed E-state index contributed by atoms with van der Waals surface area (Å²) in [6, 6.07) is 15.6. The second-order valence-electron chi connectivity index (χ2n) is 9.45. The Kier molecular flexibility index (Phi) is 10.6. The molecule has 1 aliphatic rings. The van der Waals surface area contributed by atoms with E-state index >= 15 is 0 Å². The van der Waals surface area contributed by atoms with E-state index in [0.29, 0.717) is 5.75 Å². The minimum atomic E-state index is -0.0876. The molecule has 0 atom stereocenters. The van der Waals surface area contributed by atoms with Gasteiger partial charge in [-0.2, -0.15) is 10.2 Å². The quantitative estimate of drug-likeness (QED) is 0.141. The van der Waals surface area contributed by atoms with Gasteiger partial charge in [0.25, 0.3) is 0 Å². The molecule has 1 saturated carbocycles. The zero-order valence-electron chi connectivity index (χ0n) is 20.5. The van der Waals surface area contributed by atoms with Crippen molar-refractivity contribution in [1.82, 2.24) is 0 Å². The van der Waals surface area contributed by atoms with Crippen LogP contribution in [0.25, 0.3) is 0 Å². The van der Waals surface area contributed by atoms with Gasteiger partial charge in [-0.3, -0.25) is 4.79 Å². The average molecular weight is 449 g/mol. The van der Waals surface area contributed by atoms with Crippen molar-refractivity contribution in [1.29, 1.82) is 0 Å². The lowest BCUT2D eigenvalue weighted by Gasteiger charge is -2.27. The molecule has 0 heterocycles. The number of rotatable bonds is 12. The number of unbranched alkanes of at least 4 members (excludes halogenated alkanes) is 4. The van der Waals surface area contributed by atoms with Crippen LogP contribution in [0.15, 0.2) is 58.8 Å². The van der Waals surface area contributed by atoms with Crippen molar-refractivity contribution in [2.45, 2.75) is 90.9 Å². The maximum atomic E-state index is 12.6. The van der Waals surface area contributed by atoms with E-state index in [1.807, 2.05) is 24.3 Å². The molecule has 33 heavy (non-hydrogen) atoms. The highest BCUT2D eigenvalue weighted by atomic mass is 16.5. The van der Waals surface area contributed by atoms with E-state index in [1.165, 1.54) is 50.5 Å². The maximum Gasteiger partial charge on any atom is 0.314 e. The van der Waals surface area contributed by atoms with Crippen molar-refractivity contribution in [2.75, 3.05) is 0 Å². The summed E-state index contributed by atoms with van der Waals surface area (Å²) in [4.78, 5) is 12.6. The Hall–Kier alpha value is -2.49. The first-order valence-electron chi connectivity index (χ1n) is 13.0. The molecule has 0 saturated heterocycles. The molecule has 4 heteroatoms. The summed E-state index contributed by atoms with van der Waals surface area (Å²) in [5.41, 5.74) is 2.93. The van der Waals surface area contributed by atoms with Crippen LogP contribution in [0.4, 0.5) is 11.4 Å². The standard InChI is InChI=1S/C29H40N2O2/c1-3-5-7-9-23-11-15-25(16-12-23)29(32)33-28-21-19-27(20-22-28)31-30-26-17-13-24(14-18-26)10-8-6-4-2/h13-14,17-23,25H,3-12,15-16H2,1-2H3. The van der Waals surface area contributed by atoms with E-state index in [9.17, 15) is 4.79 Å². The normalized spacial score (nSPS) is 18.5. The van der Waals surface area contributed by atoms with Gasteiger partial charge < -0.3 is 4.74 Å². The summed E-state index contributed by atoms with van der Waals surface area (Å²) >= 11 is 0. The Morgan fingerprint density at radius 2 is 1.36 bits per heavy atom. The van der Waals surface area contributed by atoms with Crippen LogP contribution in [0.1, 0.15) is 90.0 Å². The number of hydrogen-bond acceptors (Lipinski definition) is 4. The van der Waals surface area contributed by atoms with Gasteiger partial charge in [0.15, 0.2) is 0 Å². The molecule has 0 bridgehead atoms. The van der Waals surface area contributed by atoms with E-state index in [0.717, 1.165) is 49.4 Å². The molecule has 0 aliphatic heterocycles. The molecule has 0 amide bonds. The fourth-order valence-corrected chi connectivity index (χ4v) is 4.57. The van der Waals surface area contributed by atoms with Crippen LogP contribution < -0.4 is 4.74 Å². The van der Waals surface area contributed by atoms with Gasteiger partial charge in [-0.1, -0.05) is 64.5 Å². The van der Waals surface area contributed by atoms with Gasteiger partial charge in [0.05, 0.1) is 17.3 Å². The zero-order valence-corrected chi connectivity index (χ0v) is 20.5. The molecule has 0 N–H and O–H groups in total. The number of aryl methyl sites for hydroxylation is 1. The third-order valence-corrected chi connectivity index (χ3v) is 6.74. The highest BCUT2D eigenvalue weighted by molar-refractivity contribution is 5.75. The zero-order chi connectivity index (χ0) is 23.3. The van der Waals surface area contributed by atoms with Crippen molar-refractivity contribution in [2.24, 2.45) is 22.1 Å². The Morgan fingerprint density at radius 3 is 1.97 bits per heavy atom. The number of azo groups is 1.